The van der Waals surface area contributed by atoms with Gasteiger partial charge in [-0.15, -0.1) is 0 Å². The molecular formula is C16H11N5. The van der Waals surface area contributed by atoms with Crippen LogP contribution in [0.3, 0.4) is 0 Å². The van der Waals surface area contributed by atoms with Crippen molar-refractivity contribution in [2.24, 2.45) is 0 Å². The first-order chi connectivity index (χ1) is 10.3. The lowest BCUT2D eigenvalue weighted by Gasteiger charge is -2.09. The van der Waals surface area contributed by atoms with Crippen molar-refractivity contribution in [1.29, 1.82) is 5.26 Å². The van der Waals surface area contributed by atoms with E-state index in [-0.39, 0.29) is 5.82 Å². The zero-order chi connectivity index (χ0) is 14.7. The van der Waals surface area contributed by atoms with Crippen LogP contribution in [0, 0.1) is 11.3 Å². The van der Waals surface area contributed by atoms with Crippen LogP contribution in [0.1, 0.15) is 5.56 Å². The Labute approximate surface area is 121 Å². The maximum atomic E-state index is 9.32. The summed E-state index contributed by atoms with van der Waals surface area (Å²) in [6.07, 6.45) is 6.78. The molecule has 0 aliphatic heterocycles. The summed E-state index contributed by atoms with van der Waals surface area (Å²) in [5.74, 6) is 0.206. The van der Waals surface area contributed by atoms with Crippen molar-refractivity contribution in [2.75, 3.05) is 5.73 Å². The van der Waals surface area contributed by atoms with Crippen LogP contribution in [0.15, 0.2) is 55.1 Å². The van der Waals surface area contributed by atoms with E-state index < -0.39 is 0 Å². The minimum Gasteiger partial charge on any atom is -0.383 e. The number of nitrogen functional groups attached to an aromatic ring is 1. The second-order valence-corrected chi connectivity index (χ2v) is 4.41. The summed E-state index contributed by atoms with van der Waals surface area (Å²) < 4.78 is 0. The quantitative estimate of drug-likeness (QED) is 0.775. The van der Waals surface area contributed by atoms with Gasteiger partial charge in [0.2, 0.25) is 0 Å². The molecule has 0 atom stereocenters. The Bertz CT molecular complexity index is 807. The number of nitrogens with zero attached hydrogens (tertiary/aromatic N) is 4. The second-order valence-electron chi connectivity index (χ2n) is 4.41. The third-order valence-corrected chi connectivity index (χ3v) is 3.09. The van der Waals surface area contributed by atoms with E-state index in [4.69, 9.17) is 5.73 Å². The first-order valence-electron chi connectivity index (χ1n) is 6.31. The lowest BCUT2D eigenvalue weighted by atomic mass is 10.0. The van der Waals surface area contributed by atoms with Crippen molar-refractivity contribution in [1.82, 2.24) is 15.0 Å². The zero-order valence-corrected chi connectivity index (χ0v) is 11.1. The molecule has 0 bridgehead atoms. The number of nitriles is 1. The molecule has 100 valence electrons. The van der Waals surface area contributed by atoms with Crippen LogP contribution >= 0.6 is 0 Å². The average Bonchev–Trinajstić information content (AvgIpc) is 2.55. The molecule has 0 fully saturated rings. The smallest absolute Gasteiger partial charge is 0.142 e. The topological polar surface area (TPSA) is 88.5 Å². The maximum Gasteiger partial charge on any atom is 0.142 e. The number of pyridine rings is 3. The molecular weight excluding hydrogens is 262 g/mol. The van der Waals surface area contributed by atoms with E-state index in [1.54, 1.807) is 24.8 Å². The van der Waals surface area contributed by atoms with Gasteiger partial charge in [-0.2, -0.15) is 5.26 Å². The summed E-state index contributed by atoms with van der Waals surface area (Å²) in [4.78, 5) is 12.5. The number of aromatic nitrogens is 3. The number of anilines is 1. The van der Waals surface area contributed by atoms with Crippen molar-refractivity contribution in [3.8, 4) is 28.5 Å². The summed E-state index contributed by atoms with van der Waals surface area (Å²) in [6.45, 7) is 0. The minimum absolute atomic E-state index is 0.206. The molecule has 3 aromatic heterocycles. The fourth-order valence-electron chi connectivity index (χ4n) is 2.09. The Kier molecular flexibility index (Phi) is 3.27. The van der Waals surface area contributed by atoms with Gasteiger partial charge < -0.3 is 5.73 Å². The molecule has 0 aliphatic carbocycles. The van der Waals surface area contributed by atoms with Crippen molar-refractivity contribution >= 4 is 5.82 Å². The summed E-state index contributed by atoms with van der Waals surface area (Å²) in [5.41, 5.74) is 9.36. The highest BCUT2D eigenvalue weighted by molar-refractivity contribution is 5.79. The molecule has 0 amide bonds. The summed E-state index contributed by atoms with van der Waals surface area (Å²) in [5, 5.41) is 9.32. The Hall–Kier alpha value is -3.26. The van der Waals surface area contributed by atoms with E-state index >= 15 is 0 Å². The van der Waals surface area contributed by atoms with Crippen molar-refractivity contribution in [3.05, 3.63) is 60.7 Å². The largest absolute Gasteiger partial charge is 0.383 e. The van der Waals surface area contributed by atoms with Crippen molar-refractivity contribution in [2.45, 2.75) is 0 Å². The van der Waals surface area contributed by atoms with Crippen LogP contribution in [0.2, 0.25) is 0 Å². The van der Waals surface area contributed by atoms with Crippen molar-refractivity contribution in [3.63, 3.8) is 0 Å². The molecule has 0 aromatic carbocycles. The van der Waals surface area contributed by atoms with Gasteiger partial charge in [0.05, 0.1) is 5.69 Å². The molecule has 2 N–H and O–H groups in total. The lowest BCUT2D eigenvalue weighted by molar-refractivity contribution is 1.27. The van der Waals surface area contributed by atoms with E-state index in [2.05, 4.69) is 21.0 Å². The average molecular weight is 273 g/mol. The lowest BCUT2D eigenvalue weighted by Crippen LogP contribution is -2.00. The predicted molar refractivity (Wildman–Crippen MR) is 79.8 cm³/mol. The van der Waals surface area contributed by atoms with Gasteiger partial charge in [-0.25, -0.2) is 4.98 Å². The van der Waals surface area contributed by atoms with Crippen LogP contribution in [0.4, 0.5) is 5.82 Å². The van der Waals surface area contributed by atoms with Gasteiger partial charge in [-0.1, -0.05) is 6.07 Å². The van der Waals surface area contributed by atoms with Crippen LogP contribution in [-0.4, -0.2) is 15.0 Å². The molecule has 0 aliphatic rings. The number of hydrogen-bond donors (Lipinski definition) is 1. The van der Waals surface area contributed by atoms with Crippen LogP contribution in [0.5, 0.6) is 0 Å². The standard InChI is InChI=1S/C16H11N5/c17-8-14-13(11-3-1-5-19-9-11)7-15(21-16(14)18)12-4-2-6-20-10-12/h1-7,9-10H,(H2,18,21). The Morgan fingerprint density at radius 1 is 1.00 bits per heavy atom. The molecule has 5 heteroatoms. The van der Waals surface area contributed by atoms with E-state index in [0.717, 1.165) is 16.7 Å². The number of hydrogen-bond acceptors (Lipinski definition) is 5. The van der Waals surface area contributed by atoms with Crippen molar-refractivity contribution < 1.29 is 0 Å². The highest BCUT2D eigenvalue weighted by atomic mass is 14.9. The highest BCUT2D eigenvalue weighted by Gasteiger charge is 2.13. The predicted octanol–water partition coefficient (Wildman–Crippen LogP) is 2.66. The summed E-state index contributed by atoms with van der Waals surface area (Å²) >= 11 is 0. The highest BCUT2D eigenvalue weighted by Crippen LogP contribution is 2.30. The molecule has 21 heavy (non-hydrogen) atoms. The van der Waals surface area contributed by atoms with E-state index in [1.165, 1.54) is 0 Å². The first-order valence-corrected chi connectivity index (χ1v) is 6.31. The van der Waals surface area contributed by atoms with E-state index in [9.17, 15) is 5.26 Å². The molecule has 5 nitrogen and oxygen atoms in total. The summed E-state index contributed by atoms with van der Waals surface area (Å²) in [6, 6.07) is 11.4. The van der Waals surface area contributed by atoms with Crippen LogP contribution < -0.4 is 5.73 Å². The zero-order valence-electron chi connectivity index (χ0n) is 11.1. The van der Waals surface area contributed by atoms with Gasteiger partial charge in [0.15, 0.2) is 0 Å². The van der Waals surface area contributed by atoms with Gasteiger partial charge in [-0.05, 0) is 24.3 Å². The normalized spacial score (nSPS) is 10.0. The van der Waals surface area contributed by atoms with Gasteiger partial charge in [0.25, 0.3) is 0 Å². The minimum atomic E-state index is 0.206. The third kappa shape index (κ3) is 2.42. The van der Waals surface area contributed by atoms with Crippen LogP contribution in [-0.2, 0) is 0 Å². The fourth-order valence-corrected chi connectivity index (χ4v) is 2.09. The van der Waals surface area contributed by atoms with Gasteiger partial charge >= 0.3 is 0 Å². The SMILES string of the molecule is N#Cc1c(-c2cccnc2)cc(-c2cccnc2)nc1N. The number of nitrogens with two attached hydrogens (primary N) is 1. The molecule has 3 aromatic rings. The third-order valence-electron chi connectivity index (χ3n) is 3.09. The van der Waals surface area contributed by atoms with Gasteiger partial charge in [0.1, 0.15) is 17.5 Å². The van der Waals surface area contributed by atoms with E-state index in [0.29, 0.717) is 11.3 Å². The van der Waals surface area contributed by atoms with Gasteiger partial charge in [0, 0.05) is 41.5 Å². The number of rotatable bonds is 2. The molecule has 0 saturated heterocycles. The fraction of sp³-hybridized carbons (Fsp3) is 0. The Morgan fingerprint density at radius 2 is 1.67 bits per heavy atom. The molecule has 3 rings (SSSR count). The van der Waals surface area contributed by atoms with Crippen LogP contribution in [0.25, 0.3) is 22.4 Å². The monoisotopic (exact) mass is 273 g/mol. The molecule has 0 unspecified atom stereocenters. The summed E-state index contributed by atoms with van der Waals surface area (Å²) in [7, 11) is 0. The van der Waals surface area contributed by atoms with Gasteiger partial charge in [-0.3, -0.25) is 9.97 Å². The molecule has 0 radical (unpaired) electrons. The second kappa shape index (κ2) is 5.39. The molecule has 0 spiro atoms. The van der Waals surface area contributed by atoms with E-state index in [1.807, 2.05) is 30.3 Å². The Morgan fingerprint density at radius 3 is 2.24 bits per heavy atom. The molecule has 3 heterocycles. The Balaban J connectivity index is 2.24. The molecule has 0 saturated carbocycles. The maximum absolute atomic E-state index is 9.32. The first kappa shape index (κ1) is 12.8.